The van der Waals surface area contributed by atoms with E-state index >= 15 is 0 Å². The molecule has 1 heterocycles. The molecule has 1 aromatic heterocycles. The van der Waals surface area contributed by atoms with E-state index in [0.717, 1.165) is 35.3 Å². The number of hydrogen-bond acceptors (Lipinski definition) is 5. The summed E-state index contributed by atoms with van der Waals surface area (Å²) in [6.45, 7) is 6.21. The molecule has 0 bridgehead atoms. The summed E-state index contributed by atoms with van der Waals surface area (Å²) in [5, 5.41) is 15.5. The number of carbonyl (C=O) groups is 1. The highest BCUT2D eigenvalue weighted by molar-refractivity contribution is 7.99. The minimum atomic E-state index is -0.0611. The first-order valence-corrected chi connectivity index (χ1v) is 9.99. The van der Waals surface area contributed by atoms with Crippen LogP contribution < -0.4 is 5.32 Å². The second kappa shape index (κ2) is 8.81. The van der Waals surface area contributed by atoms with Gasteiger partial charge in [0.15, 0.2) is 0 Å². The van der Waals surface area contributed by atoms with Crippen LogP contribution in [0, 0.1) is 6.92 Å². The number of carbonyl (C=O) groups excluding carboxylic acids is 1. The van der Waals surface area contributed by atoms with Crippen molar-refractivity contribution in [2.24, 2.45) is 0 Å². The SMILES string of the molecule is CCc1cccc(CC)c1NC(=O)CSc1nnnn1-c1ccc(C)cc1. The fourth-order valence-corrected chi connectivity index (χ4v) is 3.52. The minimum absolute atomic E-state index is 0.0611. The van der Waals surface area contributed by atoms with Crippen molar-refractivity contribution < 1.29 is 4.79 Å². The Morgan fingerprint density at radius 1 is 1.07 bits per heavy atom. The second-order valence-corrected chi connectivity index (χ2v) is 7.15. The Labute approximate surface area is 163 Å². The van der Waals surface area contributed by atoms with Gasteiger partial charge in [0.2, 0.25) is 11.1 Å². The quantitative estimate of drug-likeness (QED) is 0.630. The largest absolute Gasteiger partial charge is 0.325 e. The predicted molar refractivity (Wildman–Crippen MR) is 108 cm³/mol. The molecule has 1 amide bonds. The molecule has 2 aromatic carbocycles. The molecule has 7 heteroatoms. The van der Waals surface area contributed by atoms with E-state index < -0.39 is 0 Å². The van der Waals surface area contributed by atoms with Gasteiger partial charge in [-0.2, -0.15) is 4.68 Å². The Kier molecular flexibility index (Phi) is 6.24. The molecule has 1 N–H and O–H groups in total. The Balaban J connectivity index is 1.69. The Hall–Kier alpha value is -2.67. The maximum Gasteiger partial charge on any atom is 0.234 e. The molecular weight excluding hydrogens is 358 g/mol. The zero-order valence-corrected chi connectivity index (χ0v) is 16.6. The number of nitrogens with zero attached hydrogens (tertiary/aromatic N) is 4. The van der Waals surface area contributed by atoms with Crippen molar-refractivity contribution in [2.45, 2.75) is 38.8 Å². The van der Waals surface area contributed by atoms with Crippen molar-refractivity contribution in [1.82, 2.24) is 20.2 Å². The standard InChI is InChI=1S/C20H23N5OS/c1-4-15-7-6-8-16(5-2)19(15)21-18(26)13-27-20-22-23-24-25(20)17-11-9-14(3)10-12-17/h6-12H,4-5,13H2,1-3H3,(H,21,26). The van der Waals surface area contributed by atoms with Crippen LogP contribution in [-0.2, 0) is 17.6 Å². The van der Waals surface area contributed by atoms with Gasteiger partial charge in [0, 0.05) is 5.69 Å². The molecule has 6 nitrogen and oxygen atoms in total. The fourth-order valence-electron chi connectivity index (χ4n) is 2.83. The van der Waals surface area contributed by atoms with Gasteiger partial charge in [-0.05, 0) is 53.5 Å². The minimum Gasteiger partial charge on any atom is -0.325 e. The molecule has 27 heavy (non-hydrogen) atoms. The third-order valence-electron chi connectivity index (χ3n) is 4.32. The number of amides is 1. The Morgan fingerprint density at radius 3 is 2.37 bits per heavy atom. The normalized spacial score (nSPS) is 10.8. The lowest BCUT2D eigenvalue weighted by Crippen LogP contribution is -2.17. The van der Waals surface area contributed by atoms with Crippen molar-refractivity contribution in [2.75, 3.05) is 11.1 Å². The highest BCUT2D eigenvalue weighted by Crippen LogP contribution is 2.24. The van der Waals surface area contributed by atoms with Gasteiger partial charge in [-0.25, -0.2) is 0 Å². The van der Waals surface area contributed by atoms with E-state index in [0.29, 0.717) is 5.16 Å². The van der Waals surface area contributed by atoms with Crippen LogP contribution >= 0.6 is 11.8 Å². The van der Waals surface area contributed by atoms with Crippen molar-refractivity contribution in [3.8, 4) is 5.69 Å². The predicted octanol–water partition coefficient (Wildman–Crippen LogP) is 3.83. The van der Waals surface area contributed by atoms with E-state index in [2.05, 4.69) is 46.8 Å². The average molecular weight is 382 g/mol. The number of thioether (sulfide) groups is 1. The summed E-state index contributed by atoms with van der Waals surface area (Å²) >= 11 is 1.32. The van der Waals surface area contributed by atoms with Crippen LogP contribution in [0.15, 0.2) is 47.6 Å². The van der Waals surface area contributed by atoms with Gasteiger partial charge in [-0.1, -0.05) is 61.5 Å². The van der Waals surface area contributed by atoms with Gasteiger partial charge in [0.05, 0.1) is 11.4 Å². The van der Waals surface area contributed by atoms with E-state index in [1.165, 1.54) is 17.3 Å². The lowest BCUT2D eigenvalue weighted by atomic mass is 10.0. The van der Waals surface area contributed by atoms with E-state index in [1.54, 1.807) is 4.68 Å². The maximum atomic E-state index is 12.5. The van der Waals surface area contributed by atoms with Crippen LogP contribution in [0.1, 0.15) is 30.5 Å². The number of para-hydroxylation sites is 1. The average Bonchev–Trinajstić information content (AvgIpc) is 3.15. The molecule has 3 aromatic rings. The Bertz CT molecular complexity index is 898. The number of anilines is 1. The maximum absolute atomic E-state index is 12.5. The van der Waals surface area contributed by atoms with E-state index in [9.17, 15) is 4.79 Å². The number of aryl methyl sites for hydroxylation is 3. The van der Waals surface area contributed by atoms with Crippen molar-refractivity contribution in [3.05, 3.63) is 59.2 Å². The molecule has 140 valence electrons. The van der Waals surface area contributed by atoms with Crippen LogP contribution in [0.25, 0.3) is 5.69 Å². The number of rotatable bonds is 7. The van der Waals surface area contributed by atoms with Crippen molar-refractivity contribution >= 4 is 23.4 Å². The molecule has 0 atom stereocenters. The zero-order valence-electron chi connectivity index (χ0n) is 15.8. The summed E-state index contributed by atoms with van der Waals surface area (Å²) in [5.74, 6) is 0.182. The first-order valence-electron chi connectivity index (χ1n) is 9.01. The molecule has 0 fully saturated rings. The molecule has 0 unspecified atom stereocenters. The summed E-state index contributed by atoms with van der Waals surface area (Å²) in [7, 11) is 0. The topological polar surface area (TPSA) is 72.7 Å². The first-order chi connectivity index (χ1) is 13.1. The van der Waals surface area contributed by atoms with Gasteiger partial charge in [-0.3, -0.25) is 4.79 Å². The number of hydrogen-bond donors (Lipinski definition) is 1. The number of nitrogens with one attached hydrogen (secondary N) is 1. The summed E-state index contributed by atoms with van der Waals surface area (Å²) < 4.78 is 1.65. The van der Waals surface area contributed by atoms with Gasteiger partial charge in [-0.15, -0.1) is 5.10 Å². The van der Waals surface area contributed by atoms with Crippen LogP contribution in [0.4, 0.5) is 5.69 Å². The highest BCUT2D eigenvalue weighted by Gasteiger charge is 2.14. The molecule has 0 aliphatic heterocycles. The molecule has 0 radical (unpaired) electrons. The number of tetrazole rings is 1. The third kappa shape index (κ3) is 4.54. The first kappa shape index (κ1) is 19.1. The summed E-state index contributed by atoms with van der Waals surface area (Å²) in [6.07, 6.45) is 1.75. The number of aromatic nitrogens is 4. The third-order valence-corrected chi connectivity index (χ3v) is 5.23. The van der Waals surface area contributed by atoms with Crippen molar-refractivity contribution in [1.29, 1.82) is 0 Å². The van der Waals surface area contributed by atoms with Gasteiger partial charge in [0.25, 0.3) is 0 Å². The van der Waals surface area contributed by atoms with E-state index in [1.807, 2.05) is 37.3 Å². The molecule has 0 saturated carbocycles. The number of benzene rings is 2. The van der Waals surface area contributed by atoms with Crippen LogP contribution in [-0.4, -0.2) is 31.9 Å². The monoisotopic (exact) mass is 381 g/mol. The van der Waals surface area contributed by atoms with Crippen molar-refractivity contribution in [3.63, 3.8) is 0 Å². The summed E-state index contributed by atoms with van der Waals surface area (Å²) in [5.41, 5.74) is 5.28. The van der Waals surface area contributed by atoms with E-state index in [4.69, 9.17) is 0 Å². The Morgan fingerprint density at radius 2 is 1.74 bits per heavy atom. The molecular formula is C20H23N5OS. The van der Waals surface area contributed by atoms with Gasteiger partial charge >= 0.3 is 0 Å². The second-order valence-electron chi connectivity index (χ2n) is 6.20. The molecule has 0 aliphatic carbocycles. The van der Waals surface area contributed by atoms with Gasteiger partial charge in [0.1, 0.15) is 0 Å². The molecule has 3 rings (SSSR count). The van der Waals surface area contributed by atoms with E-state index in [-0.39, 0.29) is 11.7 Å². The van der Waals surface area contributed by atoms with Crippen LogP contribution in [0.2, 0.25) is 0 Å². The van der Waals surface area contributed by atoms with Gasteiger partial charge < -0.3 is 5.32 Å². The smallest absolute Gasteiger partial charge is 0.234 e. The van der Waals surface area contributed by atoms with Crippen LogP contribution in [0.3, 0.4) is 0 Å². The molecule has 0 saturated heterocycles. The molecule has 0 spiro atoms. The lowest BCUT2D eigenvalue weighted by Gasteiger charge is -2.14. The lowest BCUT2D eigenvalue weighted by molar-refractivity contribution is -0.113. The highest BCUT2D eigenvalue weighted by atomic mass is 32.2. The fraction of sp³-hybridized carbons (Fsp3) is 0.300. The zero-order chi connectivity index (χ0) is 19.2. The summed E-state index contributed by atoms with van der Waals surface area (Å²) in [6, 6.07) is 14.1. The molecule has 0 aliphatic rings. The summed E-state index contributed by atoms with van der Waals surface area (Å²) in [4.78, 5) is 12.5. The van der Waals surface area contributed by atoms with Crippen LogP contribution in [0.5, 0.6) is 0 Å².